The van der Waals surface area contributed by atoms with Crippen molar-refractivity contribution in [2.24, 2.45) is 5.92 Å². The summed E-state index contributed by atoms with van der Waals surface area (Å²) >= 11 is 0. The van der Waals surface area contributed by atoms with Crippen LogP contribution in [-0.2, 0) is 9.53 Å². The summed E-state index contributed by atoms with van der Waals surface area (Å²) in [4.78, 5) is 14.5. The van der Waals surface area contributed by atoms with Crippen molar-refractivity contribution in [1.82, 2.24) is 10.2 Å². The molecule has 0 radical (unpaired) electrons. The molecule has 0 amide bonds. The summed E-state index contributed by atoms with van der Waals surface area (Å²) in [5.74, 6) is 0.662. The van der Waals surface area contributed by atoms with Crippen molar-refractivity contribution in [3.63, 3.8) is 0 Å². The zero-order valence-electron chi connectivity index (χ0n) is 14.2. The molecule has 0 aromatic heterocycles. The van der Waals surface area contributed by atoms with Crippen molar-refractivity contribution in [1.29, 1.82) is 0 Å². The van der Waals surface area contributed by atoms with E-state index in [0.717, 1.165) is 12.3 Å². The first-order valence-electron chi connectivity index (χ1n) is 7.79. The Morgan fingerprint density at radius 3 is 2.30 bits per heavy atom. The molecule has 0 aliphatic heterocycles. The van der Waals surface area contributed by atoms with Crippen LogP contribution >= 0.6 is 0 Å². The van der Waals surface area contributed by atoms with E-state index in [1.54, 1.807) is 0 Å². The van der Waals surface area contributed by atoms with E-state index in [1.807, 2.05) is 6.92 Å². The van der Waals surface area contributed by atoms with Crippen molar-refractivity contribution >= 4 is 5.97 Å². The highest BCUT2D eigenvalue weighted by Crippen LogP contribution is 2.36. The number of carbonyl (C=O) groups is 1. The summed E-state index contributed by atoms with van der Waals surface area (Å²) in [7, 11) is 3.63. The lowest BCUT2D eigenvalue weighted by Crippen LogP contribution is -2.56. The minimum Gasteiger partial charge on any atom is -0.468 e. The standard InChI is InChI=1S/C16H32N2O2/c1-11(2)17-16(5,15(19)20-7)10-12(3)18(6)13(4)14-8-9-14/h11-14,17H,8-10H2,1-7H3. The largest absolute Gasteiger partial charge is 0.468 e. The van der Waals surface area contributed by atoms with Gasteiger partial charge in [0.25, 0.3) is 0 Å². The minimum atomic E-state index is -0.625. The molecule has 1 rings (SSSR count). The van der Waals surface area contributed by atoms with E-state index >= 15 is 0 Å². The molecule has 4 heteroatoms. The van der Waals surface area contributed by atoms with Gasteiger partial charge in [-0.25, -0.2) is 0 Å². The van der Waals surface area contributed by atoms with Gasteiger partial charge in [-0.2, -0.15) is 0 Å². The molecule has 0 saturated heterocycles. The Hall–Kier alpha value is -0.610. The molecule has 118 valence electrons. The average Bonchev–Trinajstić information content (AvgIpc) is 3.18. The summed E-state index contributed by atoms with van der Waals surface area (Å²) in [6, 6.07) is 1.17. The van der Waals surface area contributed by atoms with Gasteiger partial charge in [0.15, 0.2) is 0 Å². The number of nitrogens with one attached hydrogen (secondary N) is 1. The van der Waals surface area contributed by atoms with Crippen LogP contribution in [0.2, 0.25) is 0 Å². The van der Waals surface area contributed by atoms with Gasteiger partial charge in [-0.1, -0.05) is 0 Å². The van der Waals surface area contributed by atoms with E-state index in [1.165, 1.54) is 20.0 Å². The zero-order valence-corrected chi connectivity index (χ0v) is 14.2. The highest BCUT2D eigenvalue weighted by atomic mass is 16.5. The third-order valence-corrected chi connectivity index (χ3v) is 4.59. The maximum atomic E-state index is 12.1. The highest BCUT2D eigenvalue weighted by Gasteiger charge is 2.39. The van der Waals surface area contributed by atoms with Crippen LogP contribution in [0.3, 0.4) is 0 Å². The Labute approximate surface area is 124 Å². The summed E-state index contributed by atoms with van der Waals surface area (Å²) in [6.45, 7) is 10.6. The smallest absolute Gasteiger partial charge is 0.325 e. The molecule has 3 atom stereocenters. The fourth-order valence-electron chi connectivity index (χ4n) is 3.11. The number of esters is 1. The molecule has 1 N–H and O–H groups in total. The first-order valence-corrected chi connectivity index (χ1v) is 7.79. The number of carbonyl (C=O) groups excluding carboxylic acids is 1. The number of rotatable bonds is 8. The molecule has 1 aliphatic rings. The van der Waals surface area contributed by atoms with E-state index in [0.29, 0.717) is 12.1 Å². The SMILES string of the molecule is COC(=O)C(C)(CC(C)N(C)C(C)C1CC1)NC(C)C. The summed E-state index contributed by atoms with van der Waals surface area (Å²) in [5, 5.41) is 3.38. The molecule has 0 aromatic rings. The number of methoxy groups -OCH3 is 1. The minimum absolute atomic E-state index is 0.175. The number of ether oxygens (including phenoxy) is 1. The first-order chi connectivity index (χ1) is 9.21. The maximum Gasteiger partial charge on any atom is 0.325 e. The molecule has 0 spiro atoms. The lowest BCUT2D eigenvalue weighted by molar-refractivity contribution is -0.149. The lowest BCUT2D eigenvalue weighted by atomic mass is 9.91. The highest BCUT2D eigenvalue weighted by molar-refractivity contribution is 5.80. The van der Waals surface area contributed by atoms with Crippen molar-refractivity contribution in [3.8, 4) is 0 Å². The lowest BCUT2D eigenvalue weighted by Gasteiger charge is -2.38. The second kappa shape index (κ2) is 6.90. The quantitative estimate of drug-likeness (QED) is 0.695. The van der Waals surface area contributed by atoms with Gasteiger partial charge in [0.2, 0.25) is 0 Å². The van der Waals surface area contributed by atoms with Crippen LogP contribution in [0.1, 0.15) is 53.9 Å². The molecular weight excluding hydrogens is 252 g/mol. The molecule has 0 heterocycles. The predicted octanol–water partition coefficient (Wildman–Crippen LogP) is 2.42. The first kappa shape index (κ1) is 17.4. The number of nitrogens with zero attached hydrogens (tertiary/aromatic N) is 1. The van der Waals surface area contributed by atoms with Crippen LogP contribution in [0.25, 0.3) is 0 Å². The molecule has 1 aliphatic carbocycles. The van der Waals surface area contributed by atoms with Crippen LogP contribution in [0.15, 0.2) is 0 Å². The molecule has 1 fully saturated rings. The third kappa shape index (κ3) is 4.45. The normalized spacial score (nSPS) is 21.6. The summed E-state index contributed by atoms with van der Waals surface area (Å²) < 4.78 is 5.00. The fraction of sp³-hybridized carbons (Fsp3) is 0.938. The van der Waals surface area contributed by atoms with E-state index in [-0.39, 0.29) is 12.0 Å². The van der Waals surface area contributed by atoms with E-state index in [9.17, 15) is 4.79 Å². The topological polar surface area (TPSA) is 41.6 Å². The monoisotopic (exact) mass is 284 g/mol. The van der Waals surface area contributed by atoms with Crippen LogP contribution in [0, 0.1) is 5.92 Å². The van der Waals surface area contributed by atoms with Crippen molar-refractivity contribution in [3.05, 3.63) is 0 Å². The van der Waals surface area contributed by atoms with Gasteiger partial charge in [-0.05, 0) is 66.8 Å². The average molecular weight is 284 g/mol. The second-order valence-corrected chi connectivity index (χ2v) is 6.92. The number of hydrogen-bond acceptors (Lipinski definition) is 4. The molecular formula is C16H32N2O2. The summed E-state index contributed by atoms with van der Waals surface area (Å²) in [6.07, 6.45) is 3.44. The van der Waals surface area contributed by atoms with E-state index in [4.69, 9.17) is 4.74 Å². The molecule has 20 heavy (non-hydrogen) atoms. The number of hydrogen-bond donors (Lipinski definition) is 1. The van der Waals surface area contributed by atoms with E-state index < -0.39 is 5.54 Å². The van der Waals surface area contributed by atoms with Gasteiger partial charge in [-0.3, -0.25) is 10.1 Å². The van der Waals surface area contributed by atoms with Gasteiger partial charge in [0, 0.05) is 18.1 Å². The van der Waals surface area contributed by atoms with Gasteiger partial charge in [-0.15, -0.1) is 0 Å². The summed E-state index contributed by atoms with van der Waals surface area (Å²) in [5.41, 5.74) is -0.625. The predicted molar refractivity (Wildman–Crippen MR) is 82.7 cm³/mol. The molecule has 1 saturated carbocycles. The fourth-order valence-corrected chi connectivity index (χ4v) is 3.11. The Balaban J connectivity index is 2.69. The van der Waals surface area contributed by atoms with Crippen molar-refractivity contribution < 1.29 is 9.53 Å². The van der Waals surface area contributed by atoms with Crippen molar-refractivity contribution in [2.75, 3.05) is 14.2 Å². The van der Waals surface area contributed by atoms with Crippen LogP contribution in [0.4, 0.5) is 0 Å². The second-order valence-electron chi connectivity index (χ2n) is 6.92. The molecule has 0 aromatic carbocycles. The van der Waals surface area contributed by atoms with Crippen LogP contribution in [0.5, 0.6) is 0 Å². The maximum absolute atomic E-state index is 12.1. The van der Waals surface area contributed by atoms with Gasteiger partial charge < -0.3 is 9.64 Å². The Morgan fingerprint density at radius 2 is 1.90 bits per heavy atom. The van der Waals surface area contributed by atoms with Crippen LogP contribution in [-0.4, -0.2) is 48.7 Å². The van der Waals surface area contributed by atoms with E-state index in [2.05, 4.69) is 45.0 Å². The third-order valence-electron chi connectivity index (χ3n) is 4.59. The van der Waals surface area contributed by atoms with Gasteiger partial charge in [0.05, 0.1) is 7.11 Å². The zero-order chi connectivity index (χ0) is 15.5. The van der Waals surface area contributed by atoms with Gasteiger partial charge in [0.1, 0.15) is 5.54 Å². The molecule has 4 nitrogen and oxygen atoms in total. The Morgan fingerprint density at radius 1 is 1.35 bits per heavy atom. The Kier molecular flexibility index (Phi) is 6.02. The molecule has 3 unspecified atom stereocenters. The van der Waals surface area contributed by atoms with Gasteiger partial charge >= 0.3 is 5.97 Å². The molecule has 0 bridgehead atoms. The van der Waals surface area contributed by atoms with Crippen molar-refractivity contribution in [2.45, 2.75) is 77.5 Å². The van der Waals surface area contributed by atoms with Crippen LogP contribution < -0.4 is 5.32 Å². The Bertz CT molecular complexity index is 328.